The Morgan fingerprint density at radius 1 is 1.08 bits per heavy atom. The van der Waals surface area contributed by atoms with Crippen molar-refractivity contribution < 1.29 is 24.2 Å². The highest BCUT2D eigenvalue weighted by atomic mass is 32.1. The minimum absolute atomic E-state index is 0.00255. The van der Waals surface area contributed by atoms with Crippen LogP contribution < -0.4 is 14.4 Å². The van der Waals surface area contributed by atoms with E-state index in [0.29, 0.717) is 34.4 Å². The largest absolute Gasteiger partial charge is 0.507 e. The van der Waals surface area contributed by atoms with Crippen molar-refractivity contribution in [2.45, 2.75) is 26.8 Å². The Balaban J connectivity index is 1.71. The van der Waals surface area contributed by atoms with Gasteiger partial charge < -0.3 is 14.6 Å². The van der Waals surface area contributed by atoms with Crippen LogP contribution in [-0.4, -0.2) is 35.5 Å². The van der Waals surface area contributed by atoms with Crippen molar-refractivity contribution in [2.24, 2.45) is 0 Å². The maximum atomic E-state index is 13.5. The number of benzene rings is 3. The van der Waals surface area contributed by atoms with E-state index >= 15 is 0 Å². The standard InChI is InChI=1S/C29H26N2O5S/c1-5-36-22-12-10-19(14-17(22)3)26(32)24-25(18-7-6-8-20(15-18)35-4)31(28(34)27(24)33)29-30-21-11-9-16(2)13-23(21)37-29/h6-15,25,32H,5H2,1-4H3/b26-24+. The highest BCUT2D eigenvalue weighted by Crippen LogP contribution is 2.45. The molecular weight excluding hydrogens is 488 g/mol. The summed E-state index contributed by atoms with van der Waals surface area (Å²) < 4.78 is 11.9. The van der Waals surface area contributed by atoms with Gasteiger partial charge in [0.1, 0.15) is 17.3 Å². The van der Waals surface area contributed by atoms with Crippen LogP contribution in [0, 0.1) is 13.8 Å². The molecule has 0 spiro atoms. The Hall–Kier alpha value is -4.17. The van der Waals surface area contributed by atoms with Crippen LogP contribution in [-0.2, 0) is 9.59 Å². The molecule has 7 nitrogen and oxygen atoms in total. The molecule has 0 aliphatic carbocycles. The first-order chi connectivity index (χ1) is 17.8. The number of ketones is 1. The number of methoxy groups -OCH3 is 1. The van der Waals surface area contributed by atoms with Crippen LogP contribution in [0.3, 0.4) is 0 Å². The fourth-order valence-electron chi connectivity index (χ4n) is 4.55. The highest BCUT2D eigenvalue weighted by Gasteiger charge is 2.48. The summed E-state index contributed by atoms with van der Waals surface area (Å²) >= 11 is 1.33. The third-order valence-electron chi connectivity index (χ3n) is 6.34. The van der Waals surface area contributed by atoms with Crippen LogP contribution in [0.25, 0.3) is 16.0 Å². The lowest BCUT2D eigenvalue weighted by Gasteiger charge is -2.23. The van der Waals surface area contributed by atoms with Gasteiger partial charge in [0.2, 0.25) is 0 Å². The van der Waals surface area contributed by atoms with E-state index in [0.717, 1.165) is 21.3 Å². The van der Waals surface area contributed by atoms with Gasteiger partial charge in [0.15, 0.2) is 5.13 Å². The summed E-state index contributed by atoms with van der Waals surface area (Å²) in [5.74, 6) is -0.509. The second kappa shape index (κ2) is 9.71. The number of amides is 1. The summed E-state index contributed by atoms with van der Waals surface area (Å²) in [4.78, 5) is 33.0. The van der Waals surface area contributed by atoms with E-state index in [2.05, 4.69) is 4.98 Å². The Morgan fingerprint density at radius 3 is 2.62 bits per heavy atom. The van der Waals surface area contributed by atoms with E-state index in [1.54, 1.807) is 49.6 Å². The van der Waals surface area contributed by atoms with Crippen LogP contribution in [0.15, 0.2) is 66.2 Å². The number of nitrogens with zero attached hydrogens (tertiary/aromatic N) is 2. The second-order valence-electron chi connectivity index (χ2n) is 8.83. The van der Waals surface area contributed by atoms with Gasteiger partial charge in [-0.15, -0.1) is 0 Å². The smallest absolute Gasteiger partial charge is 0.301 e. The first-order valence-corrected chi connectivity index (χ1v) is 12.7. The maximum Gasteiger partial charge on any atom is 0.301 e. The lowest BCUT2D eigenvalue weighted by molar-refractivity contribution is -0.132. The van der Waals surface area contributed by atoms with E-state index in [-0.39, 0.29) is 11.3 Å². The molecule has 0 radical (unpaired) electrons. The molecule has 0 bridgehead atoms. The van der Waals surface area contributed by atoms with E-state index in [1.165, 1.54) is 16.2 Å². The summed E-state index contributed by atoms with van der Waals surface area (Å²) in [5.41, 5.74) is 3.65. The molecule has 1 saturated heterocycles. The molecule has 4 aromatic rings. The lowest BCUT2D eigenvalue weighted by atomic mass is 9.94. The van der Waals surface area contributed by atoms with Crippen LogP contribution in [0.2, 0.25) is 0 Å². The fourth-order valence-corrected chi connectivity index (χ4v) is 5.64. The Kier molecular flexibility index (Phi) is 6.43. The minimum Gasteiger partial charge on any atom is -0.507 e. The number of Topliss-reactive ketones (excluding diaryl/α,β-unsaturated/α-hetero) is 1. The molecule has 8 heteroatoms. The van der Waals surface area contributed by atoms with Gasteiger partial charge in [-0.3, -0.25) is 14.5 Å². The first-order valence-electron chi connectivity index (χ1n) is 11.9. The number of fused-ring (bicyclic) bond motifs is 1. The van der Waals surface area contributed by atoms with Crippen LogP contribution in [0.5, 0.6) is 11.5 Å². The monoisotopic (exact) mass is 514 g/mol. The number of carbonyl (C=O) groups is 2. The van der Waals surface area contributed by atoms with Gasteiger partial charge in [-0.1, -0.05) is 29.5 Å². The van der Waals surface area contributed by atoms with Gasteiger partial charge in [-0.2, -0.15) is 0 Å². The quantitative estimate of drug-likeness (QED) is 0.194. The molecule has 1 unspecified atom stereocenters. The molecule has 1 N–H and O–H groups in total. The van der Waals surface area contributed by atoms with Gasteiger partial charge >= 0.3 is 5.91 Å². The van der Waals surface area contributed by atoms with Gasteiger partial charge in [-0.25, -0.2) is 4.98 Å². The number of carbonyl (C=O) groups excluding carboxylic acids is 2. The van der Waals surface area contributed by atoms with Crippen molar-refractivity contribution in [3.63, 3.8) is 0 Å². The van der Waals surface area contributed by atoms with Crippen LogP contribution >= 0.6 is 11.3 Å². The number of hydrogen-bond donors (Lipinski definition) is 1. The second-order valence-corrected chi connectivity index (χ2v) is 9.84. The van der Waals surface area contributed by atoms with E-state index in [9.17, 15) is 14.7 Å². The SMILES string of the molecule is CCOc1ccc(/C(O)=C2\C(=O)C(=O)N(c3nc4ccc(C)cc4s3)C2c2cccc(OC)c2)cc1C. The zero-order chi connectivity index (χ0) is 26.3. The predicted molar refractivity (Wildman–Crippen MR) is 144 cm³/mol. The summed E-state index contributed by atoms with van der Waals surface area (Å²) in [6.07, 6.45) is 0. The average Bonchev–Trinajstić information content (AvgIpc) is 3.42. The number of thiazole rings is 1. The Labute approximate surface area is 218 Å². The molecule has 1 aliphatic rings. The third kappa shape index (κ3) is 4.34. The molecule has 37 heavy (non-hydrogen) atoms. The molecule has 2 heterocycles. The topological polar surface area (TPSA) is 89.0 Å². The van der Waals surface area contributed by atoms with Gasteiger partial charge in [0.05, 0.1) is 35.5 Å². The number of anilines is 1. The number of hydrogen-bond acceptors (Lipinski definition) is 7. The molecule has 1 amide bonds. The van der Waals surface area contributed by atoms with E-state index in [1.807, 2.05) is 39.0 Å². The van der Waals surface area contributed by atoms with Crippen LogP contribution in [0.1, 0.15) is 35.2 Å². The Bertz CT molecular complexity index is 1570. The van der Waals surface area contributed by atoms with Crippen molar-refractivity contribution in [2.75, 3.05) is 18.6 Å². The third-order valence-corrected chi connectivity index (χ3v) is 7.36. The number of rotatable bonds is 6. The number of aliphatic hydroxyl groups is 1. The molecule has 3 aromatic carbocycles. The molecule has 0 saturated carbocycles. The van der Waals surface area contributed by atoms with Gasteiger partial charge in [0, 0.05) is 5.56 Å². The summed E-state index contributed by atoms with van der Waals surface area (Å²) in [7, 11) is 1.55. The zero-order valence-electron chi connectivity index (χ0n) is 20.9. The van der Waals surface area contributed by atoms with Gasteiger partial charge in [0.25, 0.3) is 5.78 Å². The molecule has 5 rings (SSSR count). The number of aromatic nitrogens is 1. The number of ether oxygens (including phenoxy) is 2. The molecular formula is C29H26N2O5S. The summed E-state index contributed by atoms with van der Waals surface area (Å²) in [6, 6.07) is 17.3. The summed E-state index contributed by atoms with van der Waals surface area (Å²) in [5, 5.41) is 11.8. The van der Waals surface area contributed by atoms with Crippen molar-refractivity contribution in [3.05, 3.63) is 88.5 Å². The first kappa shape index (κ1) is 24.5. The highest BCUT2D eigenvalue weighted by molar-refractivity contribution is 7.22. The van der Waals surface area contributed by atoms with Crippen molar-refractivity contribution >= 4 is 44.1 Å². The molecule has 188 valence electrons. The van der Waals surface area contributed by atoms with E-state index < -0.39 is 17.7 Å². The number of aryl methyl sites for hydroxylation is 2. The lowest BCUT2D eigenvalue weighted by Crippen LogP contribution is -2.29. The molecule has 1 aromatic heterocycles. The Morgan fingerprint density at radius 2 is 1.89 bits per heavy atom. The molecule has 1 atom stereocenters. The maximum absolute atomic E-state index is 13.5. The van der Waals surface area contributed by atoms with E-state index in [4.69, 9.17) is 9.47 Å². The van der Waals surface area contributed by atoms with Crippen molar-refractivity contribution in [1.82, 2.24) is 4.98 Å². The van der Waals surface area contributed by atoms with Crippen LogP contribution in [0.4, 0.5) is 5.13 Å². The average molecular weight is 515 g/mol. The normalized spacial score (nSPS) is 17.0. The summed E-state index contributed by atoms with van der Waals surface area (Å²) in [6.45, 7) is 6.25. The minimum atomic E-state index is -0.886. The predicted octanol–water partition coefficient (Wildman–Crippen LogP) is 5.95. The van der Waals surface area contributed by atoms with Crippen molar-refractivity contribution in [1.29, 1.82) is 0 Å². The molecule has 1 aliphatic heterocycles. The number of aliphatic hydroxyl groups excluding tert-OH is 1. The van der Waals surface area contributed by atoms with Gasteiger partial charge in [-0.05, 0) is 79.9 Å². The molecule has 1 fully saturated rings. The fraction of sp³-hybridized carbons (Fsp3) is 0.207. The zero-order valence-corrected chi connectivity index (χ0v) is 21.8. The van der Waals surface area contributed by atoms with Crippen molar-refractivity contribution in [3.8, 4) is 11.5 Å².